The maximum absolute atomic E-state index is 13.5. The van der Waals surface area contributed by atoms with E-state index in [9.17, 15) is 19.9 Å². The van der Waals surface area contributed by atoms with E-state index in [0.717, 1.165) is 44.9 Å². The van der Waals surface area contributed by atoms with Crippen molar-refractivity contribution in [3.05, 3.63) is 10.4 Å². The molecular formula is C35H59N5O6. The number of nitrogens with one attached hydrogen (secondary N) is 2. The Labute approximate surface area is 275 Å². The van der Waals surface area contributed by atoms with Gasteiger partial charge in [-0.25, -0.2) is 9.59 Å². The van der Waals surface area contributed by atoms with Crippen LogP contribution in [0.1, 0.15) is 120 Å². The second-order valence-electron chi connectivity index (χ2n) is 17.2. The fourth-order valence-corrected chi connectivity index (χ4v) is 10.3. The molecule has 0 heterocycles. The number of esters is 1. The van der Waals surface area contributed by atoms with Crippen molar-refractivity contribution < 1.29 is 28.6 Å². The van der Waals surface area contributed by atoms with Gasteiger partial charge in [0.25, 0.3) is 0 Å². The number of amides is 2. The first-order chi connectivity index (χ1) is 21.3. The van der Waals surface area contributed by atoms with Gasteiger partial charge in [-0.1, -0.05) is 25.9 Å². The number of carbonyl (C=O) groups excluding carboxylic acids is 3. The highest BCUT2D eigenvalue weighted by molar-refractivity contribution is 5.69. The smallest absolute Gasteiger partial charge is 0.407 e. The summed E-state index contributed by atoms with van der Waals surface area (Å²) < 4.78 is 16.6. The molecule has 0 aromatic heterocycles. The molecule has 0 aromatic carbocycles. The Morgan fingerprint density at radius 2 is 1.57 bits per heavy atom. The molecule has 0 aliphatic heterocycles. The SMILES string of the molecule is COC(=O)CC[C@@H](C)[C@H]1CC[C@H]2[C@@H]3[C@H](NC(=O)OC(C)(C)C)C[C@@H]4C[C@H](N=[N+]=[N-])CC[C@]4(C)[C@H]3C[C@H](NC(=O)OC(C)(C)C)[C@]12C. The molecule has 11 atom stereocenters. The molecule has 0 radical (unpaired) electrons. The van der Waals surface area contributed by atoms with Gasteiger partial charge in [-0.2, -0.15) is 0 Å². The lowest BCUT2D eigenvalue weighted by atomic mass is 9.42. The molecule has 0 spiro atoms. The third kappa shape index (κ3) is 7.55. The van der Waals surface area contributed by atoms with Gasteiger partial charge in [0.05, 0.1) is 7.11 Å². The lowest BCUT2D eigenvalue weighted by molar-refractivity contribution is -0.144. The predicted octanol–water partition coefficient (Wildman–Crippen LogP) is 7.92. The second-order valence-corrected chi connectivity index (χ2v) is 17.2. The first-order valence-corrected chi connectivity index (χ1v) is 17.4. The van der Waals surface area contributed by atoms with E-state index in [1.807, 2.05) is 41.5 Å². The summed E-state index contributed by atoms with van der Waals surface area (Å²) in [6.07, 6.45) is 6.35. The summed E-state index contributed by atoms with van der Waals surface area (Å²) in [7, 11) is 1.43. The van der Waals surface area contributed by atoms with Crippen LogP contribution < -0.4 is 10.6 Å². The minimum Gasteiger partial charge on any atom is -0.469 e. The van der Waals surface area contributed by atoms with Gasteiger partial charge in [-0.05, 0) is 145 Å². The summed E-state index contributed by atoms with van der Waals surface area (Å²) >= 11 is 0. The van der Waals surface area contributed by atoms with Gasteiger partial charge in [-0.15, -0.1) is 0 Å². The topological polar surface area (TPSA) is 152 Å². The van der Waals surface area contributed by atoms with E-state index in [1.54, 1.807) is 0 Å². The minimum absolute atomic E-state index is 0.0396. The standard InChI is InChI=1S/C35H59N5O6/c1-20(11-14-28(41)44-10)23-12-13-24-29-25(19-27(35(23,24)9)38-31(43)46-33(5,6)7)34(8)16-15-22(39-40-36)17-21(34)18-26(29)37-30(42)45-32(2,3)4/h20-27,29H,11-19H2,1-10H3,(H,37,42)(H,38,43)/t20-,21+,22-,23-,24+,25+,26-,27+,29+,34+,35-/m1/s1. The summed E-state index contributed by atoms with van der Waals surface area (Å²) in [4.78, 5) is 42.1. The maximum Gasteiger partial charge on any atom is 0.407 e. The highest BCUT2D eigenvalue weighted by atomic mass is 16.6. The molecule has 4 rings (SSSR count). The lowest BCUT2D eigenvalue weighted by Crippen LogP contribution is -2.67. The van der Waals surface area contributed by atoms with Crippen LogP contribution >= 0.6 is 0 Å². The van der Waals surface area contributed by atoms with Gasteiger partial charge in [0, 0.05) is 29.5 Å². The zero-order chi connectivity index (χ0) is 34.2. The molecule has 0 aromatic rings. The van der Waals surface area contributed by atoms with Crippen LogP contribution in [0.2, 0.25) is 0 Å². The largest absolute Gasteiger partial charge is 0.469 e. The summed E-state index contributed by atoms with van der Waals surface area (Å²) in [5.41, 5.74) is 7.66. The van der Waals surface area contributed by atoms with Crippen molar-refractivity contribution >= 4 is 18.2 Å². The number of carbonyl (C=O) groups is 3. The van der Waals surface area contributed by atoms with E-state index >= 15 is 0 Å². The van der Waals surface area contributed by atoms with Crippen molar-refractivity contribution in [2.75, 3.05) is 7.11 Å². The molecule has 0 bridgehead atoms. The van der Waals surface area contributed by atoms with Crippen LogP contribution in [-0.4, -0.2) is 54.6 Å². The number of nitrogens with zero attached hydrogens (tertiary/aromatic N) is 3. The zero-order valence-electron chi connectivity index (χ0n) is 29.9. The van der Waals surface area contributed by atoms with E-state index in [0.29, 0.717) is 12.8 Å². The van der Waals surface area contributed by atoms with Crippen LogP contribution in [0.5, 0.6) is 0 Å². The second kappa shape index (κ2) is 13.4. The number of hydrogen-bond acceptors (Lipinski definition) is 7. The van der Waals surface area contributed by atoms with Crippen LogP contribution in [0.15, 0.2) is 5.11 Å². The highest BCUT2D eigenvalue weighted by Crippen LogP contribution is 2.68. The van der Waals surface area contributed by atoms with Gasteiger partial charge in [-0.3, -0.25) is 4.79 Å². The molecule has 260 valence electrons. The maximum atomic E-state index is 13.5. The molecule has 0 unspecified atom stereocenters. The quantitative estimate of drug-likeness (QED) is 0.0943. The normalized spacial score (nSPS) is 37.7. The number of ether oxygens (including phenoxy) is 3. The van der Waals surface area contributed by atoms with Crippen LogP contribution in [0.4, 0.5) is 9.59 Å². The van der Waals surface area contributed by atoms with Crippen LogP contribution in [0.3, 0.4) is 0 Å². The Balaban J connectivity index is 1.76. The van der Waals surface area contributed by atoms with Crippen molar-refractivity contribution in [1.29, 1.82) is 0 Å². The molecule has 4 saturated carbocycles. The van der Waals surface area contributed by atoms with Crippen molar-refractivity contribution in [2.45, 2.75) is 149 Å². The first-order valence-electron chi connectivity index (χ1n) is 17.4. The van der Waals surface area contributed by atoms with Crippen LogP contribution in [0.25, 0.3) is 10.4 Å². The summed E-state index contributed by atoms with van der Waals surface area (Å²) in [5.74, 6) is 1.17. The third-order valence-corrected chi connectivity index (χ3v) is 12.2. The number of rotatable bonds is 7. The summed E-state index contributed by atoms with van der Waals surface area (Å²) in [6, 6.07) is -0.314. The average Bonchev–Trinajstić information content (AvgIpc) is 3.28. The number of alkyl carbamates (subject to hydrolysis) is 2. The number of hydrogen-bond donors (Lipinski definition) is 2. The van der Waals surface area contributed by atoms with Gasteiger partial charge >= 0.3 is 18.2 Å². The first kappa shape index (κ1) is 36.2. The molecule has 4 fully saturated rings. The Hall–Kier alpha value is -2.68. The molecule has 2 amide bonds. The molecule has 4 aliphatic rings. The molecule has 11 nitrogen and oxygen atoms in total. The number of azide groups is 1. The predicted molar refractivity (Wildman–Crippen MR) is 176 cm³/mol. The molecule has 2 N–H and O–H groups in total. The summed E-state index contributed by atoms with van der Waals surface area (Å²) in [6.45, 7) is 18.2. The van der Waals surface area contributed by atoms with E-state index in [2.05, 4.69) is 41.4 Å². The van der Waals surface area contributed by atoms with Crippen LogP contribution in [-0.2, 0) is 19.0 Å². The lowest BCUT2D eigenvalue weighted by Gasteiger charge is -2.65. The highest BCUT2D eigenvalue weighted by Gasteiger charge is 2.66. The monoisotopic (exact) mass is 645 g/mol. The van der Waals surface area contributed by atoms with Gasteiger partial charge < -0.3 is 24.8 Å². The van der Waals surface area contributed by atoms with Crippen molar-refractivity contribution in [3.8, 4) is 0 Å². The average molecular weight is 646 g/mol. The fraction of sp³-hybridized carbons (Fsp3) is 0.914. The van der Waals surface area contributed by atoms with E-state index in [1.165, 1.54) is 7.11 Å². The Bertz CT molecular complexity index is 1190. The molecule has 46 heavy (non-hydrogen) atoms. The van der Waals surface area contributed by atoms with E-state index in [4.69, 9.17) is 14.2 Å². The third-order valence-electron chi connectivity index (χ3n) is 12.2. The van der Waals surface area contributed by atoms with Crippen molar-refractivity contribution in [2.24, 2.45) is 51.5 Å². The molecular weight excluding hydrogens is 586 g/mol. The van der Waals surface area contributed by atoms with E-state index < -0.39 is 23.4 Å². The van der Waals surface area contributed by atoms with Crippen molar-refractivity contribution in [1.82, 2.24) is 10.6 Å². The zero-order valence-corrected chi connectivity index (χ0v) is 29.9. The van der Waals surface area contributed by atoms with Crippen molar-refractivity contribution in [3.63, 3.8) is 0 Å². The number of fused-ring (bicyclic) bond motifs is 5. The van der Waals surface area contributed by atoms with Crippen LogP contribution in [0, 0.1) is 46.3 Å². The minimum atomic E-state index is -0.630. The van der Waals surface area contributed by atoms with Gasteiger partial charge in [0.15, 0.2) is 0 Å². The molecule has 4 aliphatic carbocycles. The number of methoxy groups -OCH3 is 1. The molecule has 0 saturated heterocycles. The van der Waals surface area contributed by atoms with E-state index in [-0.39, 0.29) is 70.4 Å². The molecule has 11 heteroatoms. The van der Waals surface area contributed by atoms with Gasteiger partial charge in [0.2, 0.25) is 0 Å². The fourth-order valence-electron chi connectivity index (χ4n) is 10.3. The Morgan fingerprint density at radius 3 is 2.15 bits per heavy atom. The Kier molecular flexibility index (Phi) is 10.6. The van der Waals surface area contributed by atoms with Gasteiger partial charge in [0.1, 0.15) is 11.2 Å². The Morgan fingerprint density at radius 1 is 0.935 bits per heavy atom. The summed E-state index contributed by atoms with van der Waals surface area (Å²) in [5, 5.41) is 10.8.